The normalized spacial score (nSPS) is 17.8. The second kappa shape index (κ2) is 6.75. The zero-order chi connectivity index (χ0) is 15.4. The van der Waals surface area contributed by atoms with Crippen LogP contribution in [0.4, 0.5) is 11.6 Å². The molecule has 1 fully saturated rings. The van der Waals surface area contributed by atoms with Gasteiger partial charge in [0.2, 0.25) is 5.95 Å². The molecule has 112 valence electrons. The topological polar surface area (TPSA) is 64.8 Å². The number of rotatable bonds is 3. The molecule has 1 unspecified atom stereocenters. The van der Waals surface area contributed by atoms with Gasteiger partial charge in [-0.25, -0.2) is 9.97 Å². The average Bonchev–Trinajstić information content (AvgIpc) is 2.55. The van der Waals surface area contributed by atoms with Crippen LogP contribution in [0.3, 0.4) is 0 Å². The summed E-state index contributed by atoms with van der Waals surface area (Å²) in [5.74, 6) is 0.668. The maximum absolute atomic E-state index is 9.11. The number of nitrogens with one attached hydrogen (secondary N) is 1. The highest BCUT2D eigenvalue weighted by molar-refractivity contribution is 9.10. The Balaban J connectivity index is 1.73. The van der Waals surface area contributed by atoms with Crippen LogP contribution in [0, 0.1) is 11.3 Å². The lowest BCUT2D eigenvalue weighted by atomic mass is 10.0. The van der Waals surface area contributed by atoms with Gasteiger partial charge < -0.3 is 10.2 Å². The van der Waals surface area contributed by atoms with E-state index >= 15 is 0 Å². The summed E-state index contributed by atoms with van der Waals surface area (Å²) in [6.07, 6.45) is 5.67. The second-order valence-corrected chi connectivity index (χ2v) is 6.23. The van der Waals surface area contributed by atoms with E-state index in [9.17, 15) is 0 Å². The fraction of sp³-hybridized carbons (Fsp3) is 0.312. The second-order valence-electron chi connectivity index (χ2n) is 5.31. The standard InChI is InChI=1S/C16H16BrN5/c17-13-7-12(10-18)8-15(9-13)22-6-1-3-14(11-22)21-16-19-4-2-5-20-16/h2,4-5,7-9,14H,1,3,6,11H2,(H,19,20,21). The molecule has 0 saturated carbocycles. The fourth-order valence-electron chi connectivity index (χ4n) is 2.71. The van der Waals surface area contributed by atoms with Crippen LogP contribution in [-0.2, 0) is 0 Å². The predicted octanol–water partition coefficient (Wildman–Crippen LogP) is 3.19. The van der Waals surface area contributed by atoms with Crippen molar-refractivity contribution in [2.75, 3.05) is 23.3 Å². The first-order valence-electron chi connectivity index (χ1n) is 7.24. The quantitative estimate of drug-likeness (QED) is 0.913. The first kappa shape index (κ1) is 14.8. The molecule has 6 heteroatoms. The highest BCUT2D eigenvalue weighted by Crippen LogP contribution is 2.26. The predicted molar refractivity (Wildman–Crippen MR) is 89.7 cm³/mol. The van der Waals surface area contributed by atoms with Crippen LogP contribution in [0.2, 0.25) is 0 Å². The summed E-state index contributed by atoms with van der Waals surface area (Å²) in [5, 5.41) is 12.5. The van der Waals surface area contributed by atoms with E-state index < -0.39 is 0 Å². The Hall–Kier alpha value is -2.13. The molecule has 0 spiro atoms. The van der Waals surface area contributed by atoms with Gasteiger partial charge in [0.15, 0.2) is 0 Å². The number of hydrogen-bond acceptors (Lipinski definition) is 5. The van der Waals surface area contributed by atoms with E-state index in [1.807, 2.05) is 18.2 Å². The van der Waals surface area contributed by atoms with E-state index in [0.29, 0.717) is 17.6 Å². The van der Waals surface area contributed by atoms with Gasteiger partial charge in [-0.15, -0.1) is 0 Å². The smallest absolute Gasteiger partial charge is 0.222 e. The molecule has 2 aromatic rings. The van der Waals surface area contributed by atoms with Crippen LogP contribution in [0.5, 0.6) is 0 Å². The number of halogens is 1. The van der Waals surface area contributed by atoms with Crippen molar-refractivity contribution in [3.8, 4) is 6.07 Å². The lowest BCUT2D eigenvalue weighted by Gasteiger charge is -2.35. The fourth-order valence-corrected chi connectivity index (χ4v) is 3.19. The van der Waals surface area contributed by atoms with Crippen molar-refractivity contribution < 1.29 is 0 Å². The molecule has 22 heavy (non-hydrogen) atoms. The zero-order valence-corrected chi connectivity index (χ0v) is 13.6. The van der Waals surface area contributed by atoms with Crippen molar-refractivity contribution >= 4 is 27.6 Å². The van der Waals surface area contributed by atoms with Crippen LogP contribution < -0.4 is 10.2 Å². The molecule has 0 aliphatic carbocycles. The summed E-state index contributed by atoms with van der Waals surface area (Å²) < 4.78 is 0.933. The highest BCUT2D eigenvalue weighted by Gasteiger charge is 2.21. The van der Waals surface area contributed by atoms with Gasteiger partial charge in [0.25, 0.3) is 0 Å². The molecule has 1 atom stereocenters. The van der Waals surface area contributed by atoms with Crippen molar-refractivity contribution in [3.05, 3.63) is 46.7 Å². The number of benzene rings is 1. The minimum absolute atomic E-state index is 0.306. The van der Waals surface area contributed by atoms with E-state index in [1.54, 1.807) is 12.4 Å². The average molecular weight is 358 g/mol. The minimum atomic E-state index is 0.306. The summed E-state index contributed by atoms with van der Waals surface area (Å²) in [6.45, 7) is 1.87. The third-order valence-electron chi connectivity index (χ3n) is 3.70. The van der Waals surface area contributed by atoms with E-state index in [4.69, 9.17) is 5.26 Å². The van der Waals surface area contributed by atoms with Crippen LogP contribution in [0.15, 0.2) is 41.1 Å². The first-order valence-corrected chi connectivity index (χ1v) is 8.03. The molecular formula is C16H16BrN5. The van der Waals surface area contributed by atoms with Crippen molar-refractivity contribution in [2.45, 2.75) is 18.9 Å². The van der Waals surface area contributed by atoms with E-state index in [2.05, 4.69) is 48.3 Å². The number of nitriles is 1. The highest BCUT2D eigenvalue weighted by atomic mass is 79.9. The maximum Gasteiger partial charge on any atom is 0.222 e. The number of hydrogen-bond donors (Lipinski definition) is 1. The summed E-state index contributed by atoms with van der Waals surface area (Å²) in [5.41, 5.74) is 1.75. The van der Waals surface area contributed by atoms with Gasteiger partial charge in [0, 0.05) is 41.7 Å². The van der Waals surface area contributed by atoms with Crippen molar-refractivity contribution in [3.63, 3.8) is 0 Å². The molecule has 1 N–H and O–H groups in total. The Morgan fingerprint density at radius 1 is 1.27 bits per heavy atom. The Morgan fingerprint density at radius 2 is 2.09 bits per heavy atom. The van der Waals surface area contributed by atoms with E-state index in [1.165, 1.54) is 0 Å². The summed E-state index contributed by atoms with van der Waals surface area (Å²) >= 11 is 3.48. The molecule has 2 heterocycles. The molecule has 1 aromatic heterocycles. The van der Waals surface area contributed by atoms with Crippen LogP contribution in [-0.4, -0.2) is 29.1 Å². The van der Waals surface area contributed by atoms with E-state index in [-0.39, 0.29) is 0 Å². The summed E-state index contributed by atoms with van der Waals surface area (Å²) in [6, 6.07) is 10.1. The number of nitrogens with zero attached hydrogens (tertiary/aromatic N) is 4. The Morgan fingerprint density at radius 3 is 2.86 bits per heavy atom. The summed E-state index contributed by atoms with van der Waals surface area (Å²) in [7, 11) is 0. The summed E-state index contributed by atoms with van der Waals surface area (Å²) in [4.78, 5) is 10.7. The molecule has 0 radical (unpaired) electrons. The molecule has 0 amide bonds. The SMILES string of the molecule is N#Cc1cc(Br)cc(N2CCCC(Nc3ncccn3)C2)c1. The third kappa shape index (κ3) is 3.55. The van der Waals surface area contributed by atoms with Gasteiger partial charge >= 0.3 is 0 Å². The molecule has 5 nitrogen and oxygen atoms in total. The van der Waals surface area contributed by atoms with Gasteiger partial charge in [-0.3, -0.25) is 0 Å². The lowest BCUT2D eigenvalue weighted by molar-refractivity contribution is 0.527. The largest absolute Gasteiger partial charge is 0.369 e. The van der Waals surface area contributed by atoms with Gasteiger partial charge in [-0.2, -0.15) is 5.26 Å². The molecular weight excluding hydrogens is 342 g/mol. The van der Waals surface area contributed by atoms with Gasteiger partial charge in [0.1, 0.15) is 0 Å². The molecule has 3 rings (SSSR count). The minimum Gasteiger partial charge on any atom is -0.369 e. The number of aromatic nitrogens is 2. The first-order chi connectivity index (χ1) is 10.7. The molecule has 1 aliphatic heterocycles. The van der Waals surface area contributed by atoms with Crippen LogP contribution in [0.25, 0.3) is 0 Å². The molecule has 0 bridgehead atoms. The van der Waals surface area contributed by atoms with Gasteiger partial charge in [-0.1, -0.05) is 15.9 Å². The monoisotopic (exact) mass is 357 g/mol. The third-order valence-corrected chi connectivity index (χ3v) is 4.16. The molecule has 1 aliphatic rings. The number of anilines is 2. The van der Waals surface area contributed by atoms with E-state index in [0.717, 1.165) is 36.1 Å². The zero-order valence-electron chi connectivity index (χ0n) is 12.0. The van der Waals surface area contributed by atoms with Gasteiger partial charge in [-0.05, 0) is 37.1 Å². The van der Waals surface area contributed by atoms with Crippen molar-refractivity contribution in [2.24, 2.45) is 0 Å². The van der Waals surface area contributed by atoms with Crippen LogP contribution >= 0.6 is 15.9 Å². The number of piperidine rings is 1. The Labute approximate surface area is 138 Å². The molecule has 1 aromatic carbocycles. The maximum atomic E-state index is 9.11. The molecule has 1 saturated heterocycles. The van der Waals surface area contributed by atoms with Crippen molar-refractivity contribution in [1.29, 1.82) is 5.26 Å². The lowest BCUT2D eigenvalue weighted by Crippen LogP contribution is -2.42. The van der Waals surface area contributed by atoms with Crippen LogP contribution in [0.1, 0.15) is 18.4 Å². The van der Waals surface area contributed by atoms with Crippen molar-refractivity contribution in [1.82, 2.24) is 9.97 Å². The Bertz CT molecular complexity index is 683. The Kier molecular flexibility index (Phi) is 4.54. The van der Waals surface area contributed by atoms with Gasteiger partial charge in [0.05, 0.1) is 11.6 Å².